The van der Waals surface area contributed by atoms with Gasteiger partial charge in [0.1, 0.15) is 0 Å². The standard InChI is InChI=1S/C16H28N4S/c1-3-7-17-12-15-14(4-2)18-16(21-15)20-10-8-19(9-11-20)13-5-6-13/h13,17H,3-12H2,1-2H3. The van der Waals surface area contributed by atoms with Crippen molar-refractivity contribution >= 4 is 16.5 Å². The predicted octanol–water partition coefficient (Wildman–Crippen LogP) is 2.49. The van der Waals surface area contributed by atoms with Gasteiger partial charge in [-0.05, 0) is 32.2 Å². The molecular formula is C16H28N4S. The summed E-state index contributed by atoms with van der Waals surface area (Å²) in [5.41, 5.74) is 1.29. The van der Waals surface area contributed by atoms with E-state index in [1.807, 2.05) is 11.3 Å². The van der Waals surface area contributed by atoms with Gasteiger partial charge in [-0.15, -0.1) is 11.3 Å². The molecule has 0 spiro atoms. The smallest absolute Gasteiger partial charge is 0.185 e. The molecule has 1 saturated heterocycles. The molecule has 4 nitrogen and oxygen atoms in total. The van der Waals surface area contributed by atoms with Gasteiger partial charge in [-0.1, -0.05) is 13.8 Å². The summed E-state index contributed by atoms with van der Waals surface area (Å²) in [5.74, 6) is 0. The molecule has 2 aliphatic rings. The molecule has 0 bridgehead atoms. The normalized spacial score (nSPS) is 20.2. The van der Waals surface area contributed by atoms with Crippen molar-refractivity contribution in [2.75, 3.05) is 37.6 Å². The fourth-order valence-corrected chi connectivity index (χ4v) is 4.19. The molecule has 1 N–H and O–H groups in total. The minimum absolute atomic E-state index is 0.906. The Morgan fingerprint density at radius 2 is 1.95 bits per heavy atom. The Hall–Kier alpha value is -0.650. The number of hydrogen-bond donors (Lipinski definition) is 1. The van der Waals surface area contributed by atoms with E-state index in [0.717, 1.165) is 38.6 Å². The maximum Gasteiger partial charge on any atom is 0.185 e. The number of piperazine rings is 1. The Bertz CT molecular complexity index is 447. The van der Waals surface area contributed by atoms with Gasteiger partial charge in [-0.2, -0.15) is 0 Å². The monoisotopic (exact) mass is 308 g/mol. The highest BCUT2D eigenvalue weighted by atomic mass is 32.1. The summed E-state index contributed by atoms with van der Waals surface area (Å²) < 4.78 is 0. The number of thiazole rings is 1. The molecule has 0 radical (unpaired) electrons. The molecule has 118 valence electrons. The molecule has 1 aromatic rings. The minimum Gasteiger partial charge on any atom is -0.346 e. The molecule has 1 aliphatic carbocycles. The van der Waals surface area contributed by atoms with Gasteiger partial charge in [-0.25, -0.2) is 4.98 Å². The van der Waals surface area contributed by atoms with E-state index in [-0.39, 0.29) is 0 Å². The summed E-state index contributed by atoms with van der Waals surface area (Å²) in [6, 6.07) is 0.906. The number of rotatable bonds is 7. The Labute approximate surface area is 132 Å². The average Bonchev–Trinajstić information content (AvgIpc) is 3.29. The lowest BCUT2D eigenvalue weighted by Gasteiger charge is -2.34. The quantitative estimate of drug-likeness (QED) is 0.784. The topological polar surface area (TPSA) is 31.4 Å². The molecule has 1 saturated carbocycles. The predicted molar refractivity (Wildman–Crippen MR) is 90.3 cm³/mol. The summed E-state index contributed by atoms with van der Waals surface area (Å²) in [4.78, 5) is 11.5. The second-order valence-corrected chi connectivity index (χ2v) is 7.21. The van der Waals surface area contributed by atoms with E-state index in [1.165, 1.54) is 48.1 Å². The van der Waals surface area contributed by atoms with Crippen LogP contribution in [-0.2, 0) is 13.0 Å². The van der Waals surface area contributed by atoms with Crippen LogP contribution in [0.2, 0.25) is 0 Å². The van der Waals surface area contributed by atoms with Crippen molar-refractivity contribution in [1.29, 1.82) is 0 Å². The maximum absolute atomic E-state index is 4.90. The van der Waals surface area contributed by atoms with E-state index in [4.69, 9.17) is 4.98 Å². The van der Waals surface area contributed by atoms with Crippen molar-refractivity contribution in [2.24, 2.45) is 0 Å². The van der Waals surface area contributed by atoms with Crippen LogP contribution in [0, 0.1) is 0 Å². The third-order valence-corrected chi connectivity index (χ3v) is 5.62. The summed E-state index contributed by atoms with van der Waals surface area (Å²) >= 11 is 1.90. The molecule has 0 aromatic carbocycles. The first-order valence-corrected chi connectivity index (χ1v) is 9.31. The molecule has 1 aliphatic heterocycles. The lowest BCUT2D eigenvalue weighted by atomic mass is 10.3. The molecule has 0 amide bonds. The highest BCUT2D eigenvalue weighted by Crippen LogP contribution is 2.31. The third kappa shape index (κ3) is 3.76. The number of hydrogen-bond acceptors (Lipinski definition) is 5. The lowest BCUT2D eigenvalue weighted by molar-refractivity contribution is 0.248. The van der Waals surface area contributed by atoms with E-state index >= 15 is 0 Å². The van der Waals surface area contributed by atoms with Crippen LogP contribution in [0.5, 0.6) is 0 Å². The van der Waals surface area contributed by atoms with Crippen LogP contribution in [0.3, 0.4) is 0 Å². The third-order valence-electron chi connectivity index (χ3n) is 4.46. The zero-order valence-electron chi connectivity index (χ0n) is 13.4. The molecule has 2 heterocycles. The van der Waals surface area contributed by atoms with Crippen molar-refractivity contribution in [3.63, 3.8) is 0 Å². The van der Waals surface area contributed by atoms with Crippen molar-refractivity contribution in [3.05, 3.63) is 10.6 Å². The Kier molecular flexibility index (Phi) is 5.14. The van der Waals surface area contributed by atoms with Crippen molar-refractivity contribution in [2.45, 2.75) is 52.1 Å². The molecular weight excluding hydrogens is 280 g/mol. The Balaban J connectivity index is 1.59. The van der Waals surface area contributed by atoms with Gasteiger partial charge in [0.05, 0.1) is 5.69 Å². The first-order valence-electron chi connectivity index (χ1n) is 8.50. The number of aromatic nitrogens is 1. The van der Waals surface area contributed by atoms with E-state index in [1.54, 1.807) is 0 Å². The van der Waals surface area contributed by atoms with E-state index in [2.05, 4.69) is 29.0 Å². The Morgan fingerprint density at radius 1 is 1.19 bits per heavy atom. The van der Waals surface area contributed by atoms with Crippen LogP contribution in [0.15, 0.2) is 0 Å². The van der Waals surface area contributed by atoms with Gasteiger partial charge in [0, 0.05) is 43.6 Å². The largest absolute Gasteiger partial charge is 0.346 e. The van der Waals surface area contributed by atoms with Crippen LogP contribution < -0.4 is 10.2 Å². The summed E-state index contributed by atoms with van der Waals surface area (Å²) in [7, 11) is 0. The van der Waals surface area contributed by atoms with E-state index < -0.39 is 0 Å². The van der Waals surface area contributed by atoms with Crippen LogP contribution in [0.25, 0.3) is 0 Å². The second kappa shape index (κ2) is 7.07. The highest BCUT2D eigenvalue weighted by Gasteiger charge is 2.31. The molecule has 2 fully saturated rings. The lowest BCUT2D eigenvalue weighted by Crippen LogP contribution is -2.47. The van der Waals surface area contributed by atoms with Crippen LogP contribution in [0.1, 0.15) is 43.7 Å². The number of nitrogens with zero attached hydrogens (tertiary/aromatic N) is 3. The summed E-state index contributed by atoms with van der Waals surface area (Å²) in [6.45, 7) is 11.2. The Morgan fingerprint density at radius 3 is 2.57 bits per heavy atom. The average molecular weight is 308 g/mol. The first-order chi connectivity index (χ1) is 10.3. The van der Waals surface area contributed by atoms with Crippen molar-refractivity contribution in [1.82, 2.24) is 15.2 Å². The van der Waals surface area contributed by atoms with Gasteiger partial charge in [0.25, 0.3) is 0 Å². The summed E-state index contributed by atoms with van der Waals surface area (Å²) in [5, 5.41) is 4.76. The van der Waals surface area contributed by atoms with Gasteiger partial charge >= 0.3 is 0 Å². The molecule has 1 aromatic heterocycles. The van der Waals surface area contributed by atoms with Crippen LogP contribution in [-0.4, -0.2) is 48.6 Å². The number of anilines is 1. The van der Waals surface area contributed by atoms with Gasteiger partial charge in [0.2, 0.25) is 0 Å². The zero-order chi connectivity index (χ0) is 14.7. The fraction of sp³-hybridized carbons (Fsp3) is 0.812. The number of aryl methyl sites for hydroxylation is 1. The molecule has 0 atom stereocenters. The van der Waals surface area contributed by atoms with Gasteiger partial charge in [0.15, 0.2) is 5.13 Å². The molecule has 3 rings (SSSR count). The number of nitrogens with one attached hydrogen (secondary N) is 1. The molecule has 5 heteroatoms. The van der Waals surface area contributed by atoms with Gasteiger partial charge in [-0.3, -0.25) is 4.90 Å². The molecule has 0 unspecified atom stereocenters. The van der Waals surface area contributed by atoms with Gasteiger partial charge < -0.3 is 10.2 Å². The molecule has 21 heavy (non-hydrogen) atoms. The highest BCUT2D eigenvalue weighted by molar-refractivity contribution is 7.15. The SMILES string of the molecule is CCCNCc1sc(N2CCN(C3CC3)CC2)nc1CC. The van der Waals surface area contributed by atoms with Crippen LogP contribution in [0.4, 0.5) is 5.13 Å². The van der Waals surface area contributed by atoms with Crippen molar-refractivity contribution < 1.29 is 0 Å². The zero-order valence-corrected chi connectivity index (χ0v) is 14.2. The fourth-order valence-electron chi connectivity index (χ4n) is 3.02. The maximum atomic E-state index is 4.90. The first kappa shape index (κ1) is 15.3. The minimum atomic E-state index is 0.906. The van der Waals surface area contributed by atoms with Crippen molar-refractivity contribution in [3.8, 4) is 0 Å². The summed E-state index contributed by atoms with van der Waals surface area (Å²) in [6.07, 6.45) is 5.08. The van der Waals surface area contributed by atoms with E-state index in [9.17, 15) is 0 Å². The second-order valence-electron chi connectivity index (χ2n) is 6.15. The van der Waals surface area contributed by atoms with Crippen LogP contribution >= 0.6 is 11.3 Å². The van der Waals surface area contributed by atoms with E-state index in [0.29, 0.717) is 0 Å².